The first-order chi connectivity index (χ1) is 13.5. The summed E-state index contributed by atoms with van der Waals surface area (Å²) in [7, 11) is 0. The van der Waals surface area contributed by atoms with Crippen molar-refractivity contribution in [2.45, 2.75) is 6.92 Å². The number of amidine groups is 1. The third kappa shape index (κ3) is 4.07. The average molecular weight is 460 g/mol. The van der Waals surface area contributed by atoms with Crippen molar-refractivity contribution in [3.63, 3.8) is 0 Å². The lowest BCUT2D eigenvalue weighted by atomic mass is 10.2. The zero-order chi connectivity index (χ0) is 19.7. The van der Waals surface area contributed by atoms with Crippen molar-refractivity contribution in [2.75, 3.05) is 26.2 Å². The molecule has 2 aliphatic heterocycles. The Kier molecular flexibility index (Phi) is 5.41. The Morgan fingerprint density at radius 1 is 1.14 bits per heavy atom. The van der Waals surface area contributed by atoms with Crippen molar-refractivity contribution >= 4 is 50.7 Å². The van der Waals surface area contributed by atoms with E-state index in [4.69, 9.17) is 4.42 Å². The Morgan fingerprint density at radius 2 is 1.86 bits per heavy atom. The lowest BCUT2D eigenvalue weighted by molar-refractivity contribution is -0.130. The number of piperazine rings is 1. The zero-order valence-electron chi connectivity index (χ0n) is 15.2. The highest BCUT2D eigenvalue weighted by Crippen LogP contribution is 2.32. The molecule has 2 aromatic rings. The highest BCUT2D eigenvalue weighted by Gasteiger charge is 2.29. The standard InChI is InChI=1S/C20H18BrN3O3S/c1-13(25)23-8-10-24(11-9-23)20-22-19(26)18(28-20)12-16-6-7-17(27-16)14-2-4-15(21)5-3-14/h2-7,12H,8-11H2,1H3/b18-12+. The van der Waals surface area contributed by atoms with Crippen LogP contribution in [0, 0.1) is 0 Å². The molecule has 1 aromatic carbocycles. The molecule has 0 unspecified atom stereocenters. The molecular weight excluding hydrogens is 442 g/mol. The summed E-state index contributed by atoms with van der Waals surface area (Å²) in [6, 6.07) is 11.6. The fourth-order valence-corrected chi connectivity index (χ4v) is 4.28. The monoisotopic (exact) mass is 459 g/mol. The molecule has 3 heterocycles. The molecule has 8 heteroatoms. The summed E-state index contributed by atoms with van der Waals surface area (Å²) in [4.78, 5) is 32.3. The van der Waals surface area contributed by atoms with E-state index in [2.05, 4.69) is 25.8 Å². The van der Waals surface area contributed by atoms with Crippen LogP contribution in [-0.4, -0.2) is 53.0 Å². The van der Waals surface area contributed by atoms with Crippen molar-refractivity contribution in [3.8, 4) is 11.3 Å². The second kappa shape index (κ2) is 7.97. The molecule has 28 heavy (non-hydrogen) atoms. The molecule has 1 saturated heterocycles. The summed E-state index contributed by atoms with van der Waals surface area (Å²) in [5, 5.41) is 0.694. The van der Waals surface area contributed by atoms with E-state index in [1.165, 1.54) is 11.8 Å². The van der Waals surface area contributed by atoms with Gasteiger partial charge in [0, 0.05) is 49.2 Å². The number of carbonyl (C=O) groups is 2. The van der Waals surface area contributed by atoms with Gasteiger partial charge >= 0.3 is 0 Å². The number of nitrogens with zero attached hydrogens (tertiary/aromatic N) is 3. The molecule has 0 N–H and O–H groups in total. The topological polar surface area (TPSA) is 66.1 Å². The summed E-state index contributed by atoms with van der Waals surface area (Å²) in [5.74, 6) is 1.19. The largest absolute Gasteiger partial charge is 0.457 e. The third-order valence-corrected chi connectivity index (χ3v) is 6.21. The molecule has 1 aromatic heterocycles. The molecule has 0 atom stereocenters. The highest BCUT2D eigenvalue weighted by atomic mass is 79.9. The van der Waals surface area contributed by atoms with E-state index in [9.17, 15) is 9.59 Å². The van der Waals surface area contributed by atoms with Crippen molar-refractivity contribution in [2.24, 2.45) is 4.99 Å². The average Bonchev–Trinajstić information content (AvgIpc) is 3.30. The summed E-state index contributed by atoms with van der Waals surface area (Å²) in [5.41, 5.74) is 0.971. The summed E-state index contributed by atoms with van der Waals surface area (Å²) in [6.45, 7) is 4.24. The van der Waals surface area contributed by atoms with Crippen LogP contribution < -0.4 is 0 Å². The second-order valence-corrected chi connectivity index (χ2v) is 8.44. The van der Waals surface area contributed by atoms with Gasteiger partial charge in [-0.25, -0.2) is 0 Å². The summed E-state index contributed by atoms with van der Waals surface area (Å²) >= 11 is 4.78. The minimum atomic E-state index is -0.254. The van der Waals surface area contributed by atoms with Gasteiger partial charge in [0.05, 0.1) is 4.91 Å². The molecule has 0 bridgehead atoms. The maximum atomic E-state index is 12.3. The third-order valence-electron chi connectivity index (χ3n) is 4.63. The van der Waals surface area contributed by atoms with Crippen molar-refractivity contribution in [1.82, 2.24) is 9.80 Å². The molecule has 0 spiro atoms. The Bertz CT molecular complexity index is 973. The predicted octanol–water partition coefficient (Wildman–Crippen LogP) is 3.84. The predicted molar refractivity (Wildman–Crippen MR) is 114 cm³/mol. The van der Waals surface area contributed by atoms with Crippen LogP contribution in [0.2, 0.25) is 0 Å². The Hall–Kier alpha value is -2.32. The van der Waals surface area contributed by atoms with Gasteiger partial charge in [0.15, 0.2) is 5.17 Å². The minimum absolute atomic E-state index is 0.0803. The van der Waals surface area contributed by atoms with Gasteiger partial charge < -0.3 is 14.2 Å². The van der Waals surface area contributed by atoms with Gasteiger partial charge in [-0.3, -0.25) is 9.59 Å². The van der Waals surface area contributed by atoms with Gasteiger partial charge in [-0.2, -0.15) is 4.99 Å². The smallest absolute Gasteiger partial charge is 0.286 e. The molecule has 6 nitrogen and oxygen atoms in total. The molecule has 1 fully saturated rings. The molecule has 0 aliphatic carbocycles. The van der Waals surface area contributed by atoms with Crippen molar-refractivity contribution in [1.29, 1.82) is 0 Å². The Balaban J connectivity index is 1.44. The van der Waals surface area contributed by atoms with Crippen molar-refractivity contribution < 1.29 is 14.0 Å². The van der Waals surface area contributed by atoms with Crippen LogP contribution in [0.15, 0.2) is 55.2 Å². The first-order valence-electron chi connectivity index (χ1n) is 8.88. The molecule has 0 saturated carbocycles. The first kappa shape index (κ1) is 19.0. The van der Waals surface area contributed by atoms with Crippen molar-refractivity contribution in [3.05, 3.63) is 51.5 Å². The van der Waals surface area contributed by atoms with E-state index in [-0.39, 0.29) is 11.8 Å². The Morgan fingerprint density at radius 3 is 2.54 bits per heavy atom. The number of carbonyl (C=O) groups excluding carboxylic acids is 2. The first-order valence-corrected chi connectivity index (χ1v) is 10.5. The number of aliphatic imine (C=N–C) groups is 1. The van der Waals surface area contributed by atoms with Crippen LogP contribution in [-0.2, 0) is 9.59 Å². The van der Waals surface area contributed by atoms with E-state index in [1.54, 1.807) is 13.0 Å². The lowest BCUT2D eigenvalue weighted by Crippen LogP contribution is -2.49. The normalized spacial score (nSPS) is 18.7. The number of benzene rings is 1. The molecule has 4 rings (SSSR count). The maximum Gasteiger partial charge on any atom is 0.286 e. The molecule has 0 radical (unpaired) electrons. The van der Waals surface area contributed by atoms with Crippen LogP contribution in [0.1, 0.15) is 12.7 Å². The van der Waals surface area contributed by atoms with Crippen LogP contribution >= 0.6 is 27.7 Å². The lowest BCUT2D eigenvalue weighted by Gasteiger charge is -2.34. The zero-order valence-corrected chi connectivity index (χ0v) is 17.6. The molecule has 2 amide bonds. The highest BCUT2D eigenvalue weighted by molar-refractivity contribution is 9.10. The fraction of sp³-hybridized carbons (Fsp3) is 0.250. The van der Waals surface area contributed by atoms with Gasteiger partial charge in [-0.05, 0) is 36.0 Å². The van der Waals surface area contributed by atoms with E-state index >= 15 is 0 Å². The number of rotatable bonds is 2. The fourth-order valence-electron chi connectivity index (χ4n) is 3.07. The molecule has 144 valence electrons. The maximum absolute atomic E-state index is 12.3. The SMILES string of the molecule is CC(=O)N1CCN(C2=NC(=O)/C(=C\c3ccc(-c4ccc(Br)cc4)o3)S2)CC1. The van der Waals surface area contributed by atoms with Crippen LogP contribution in [0.3, 0.4) is 0 Å². The number of hydrogen-bond acceptors (Lipinski definition) is 5. The second-order valence-electron chi connectivity index (χ2n) is 6.51. The van der Waals surface area contributed by atoms with Gasteiger partial charge in [0.25, 0.3) is 5.91 Å². The van der Waals surface area contributed by atoms with E-state index in [0.717, 1.165) is 15.8 Å². The van der Waals surface area contributed by atoms with Crippen LogP contribution in [0.5, 0.6) is 0 Å². The van der Waals surface area contributed by atoms with E-state index in [0.29, 0.717) is 42.0 Å². The number of halogens is 1. The minimum Gasteiger partial charge on any atom is -0.457 e. The quantitative estimate of drug-likeness (QED) is 0.638. The number of amides is 2. The number of furan rings is 1. The van der Waals surface area contributed by atoms with Gasteiger partial charge in [-0.1, -0.05) is 28.1 Å². The van der Waals surface area contributed by atoms with Crippen LogP contribution in [0.4, 0.5) is 0 Å². The van der Waals surface area contributed by atoms with E-state index in [1.807, 2.05) is 41.3 Å². The Labute approximate surface area is 175 Å². The molecular formula is C20H18BrN3O3S. The van der Waals surface area contributed by atoms with Crippen LogP contribution in [0.25, 0.3) is 17.4 Å². The number of hydrogen-bond donors (Lipinski definition) is 0. The number of thioether (sulfide) groups is 1. The van der Waals surface area contributed by atoms with Gasteiger partial charge in [0.2, 0.25) is 5.91 Å². The summed E-state index contributed by atoms with van der Waals surface area (Å²) < 4.78 is 6.88. The van der Waals surface area contributed by atoms with Gasteiger partial charge in [0.1, 0.15) is 11.5 Å². The molecule has 2 aliphatic rings. The summed E-state index contributed by atoms with van der Waals surface area (Å²) in [6.07, 6.45) is 1.73. The van der Waals surface area contributed by atoms with Gasteiger partial charge in [-0.15, -0.1) is 0 Å². The van der Waals surface area contributed by atoms with E-state index < -0.39 is 0 Å².